The molecule has 0 spiro atoms. The van der Waals surface area contributed by atoms with Gasteiger partial charge >= 0.3 is 0 Å². The van der Waals surface area contributed by atoms with Crippen molar-refractivity contribution in [1.29, 1.82) is 0 Å². The summed E-state index contributed by atoms with van der Waals surface area (Å²) in [4.78, 5) is 2.34. The summed E-state index contributed by atoms with van der Waals surface area (Å²) in [5.41, 5.74) is 6.74. The Bertz CT molecular complexity index is 413. The molecule has 1 aromatic carbocycles. The van der Waals surface area contributed by atoms with Gasteiger partial charge in [-0.2, -0.15) is 0 Å². The summed E-state index contributed by atoms with van der Waals surface area (Å²) in [5, 5.41) is 9.73. The SMILES string of the molecule is NC(CO)(CN1CC2CCC(C1)O2)c1ccccc1. The Hall–Kier alpha value is -0.940. The van der Waals surface area contributed by atoms with Crippen LogP contribution in [0.4, 0.5) is 0 Å². The highest BCUT2D eigenvalue weighted by molar-refractivity contribution is 5.24. The molecular formula is C15H22N2O2. The molecule has 4 nitrogen and oxygen atoms in total. The number of fused-ring (bicyclic) bond motifs is 2. The molecule has 19 heavy (non-hydrogen) atoms. The number of hydrogen-bond donors (Lipinski definition) is 2. The summed E-state index contributed by atoms with van der Waals surface area (Å²) in [6.45, 7) is 2.51. The molecule has 2 bridgehead atoms. The van der Waals surface area contributed by atoms with Crippen LogP contribution in [0.25, 0.3) is 0 Å². The van der Waals surface area contributed by atoms with Crippen LogP contribution in [0.5, 0.6) is 0 Å². The molecule has 0 aliphatic carbocycles. The number of aliphatic hydroxyl groups is 1. The Labute approximate surface area is 114 Å². The number of benzene rings is 1. The van der Waals surface area contributed by atoms with E-state index in [-0.39, 0.29) is 6.61 Å². The van der Waals surface area contributed by atoms with Crippen LogP contribution in [-0.2, 0) is 10.3 Å². The van der Waals surface area contributed by atoms with Gasteiger partial charge < -0.3 is 15.6 Å². The molecule has 3 unspecified atom stereocenters. The maximum Gasteiger partial charge on any atom is 0.0772 e. The van der Waals surface area contributed by atoms with E-state index >= 15 is 0 Å². The van der Waals surface area contributed by atoms with E-state index in [9.17, 15) is 5.11 Å². The van der Waals surface area contributed by atoms with Gasteiger partial charge in [0, 0.05) is 19.6 Å². The lowest BCUT2D eigenvalue weighted by atomic mass is 9.91. The molecule has 2 saturated heterocycles. The van der Waals surface area contributed by atoms with Crippen LogP contribution in [0.1, 0.15) is 18.4 Å². The number of likely N-dealkylation sites (tertiary alicyclic amines) is 1. The van der Waals surface area contributed by atoms with E-state index in [1.165, 1.54) is 0 Å². The van der Waals surface area contributed by atoms with Crippen LogP contribution in [0.15, 0.2) is 30.3 Å². The van der Waals surface area contributed by atoms with E-state index in [1.807, 2.05) is 30.3 Å². The van der Waals surface area contributed by atoms with Gasteiger partial charge in [-0.25, -0.2) is 0 Å². The van der Waals surface area contributed by atoms with Gasteiger partial charge in [-0.3, -0.25) is 4.90 Å². The minimum atomic E-state index is -0.682. The number of nitrogens with two attached hydrogens (primary N) is 1. The highest BCUT2D eigenvalue weighted by Gasteiger charge is 2.37. The van der Waals surface area contributed by atoms with E-state index in [1.54, 1.807) is 0 Å². The molecule has 4 heteroatoms. The lowest BCUT2D eigenvalue weighted by molar-refractivity contribution is -0.0473. The van der Waals surface area contributed by atoms with Crippen LogP contribution in [0.2, 0.25) is 0 Å². The second kappa shape index (κ2) is 5.21. The molecule has 3 atom stereocenters. The summed E-state index contributed by atoms with van der Waals surface area (Å²) < 4.78 is 5.84. The Morgan fingerprint density at radius 1 is 1.21 bits per heavy atom. The van der Waals surface area contributed by atoms with E-state index in [0.29, 0.717) is 18.8 Å². The molecule has 2 aliphatic rings. The van der Waals surface area contributed by atoms with E-state index in [2.05, 4.69) is 4.90 Å². The van der Waals surface area contributed by atoms with Gasteiger partial charge in [-0.1, -0.05) is 30.3 Å². The van der Waals surface area contributed by atoms with Crippen molar-refractivity contribution >= 4 is 0 Å². The van der Waals surface area contributed by atoms with Crippen molar-refractivity contribution < 1.29 is 9.84 Å². The molecule has 0 aromatic heterocycles. The smallest absolute Gasteiger partial charge is 0.0772 e. The first-order valence-electron chi connectivity index (χ1n) is 7.03. The van der Waals surface area contributed by atoms with Crippen LogP contribution in [0, 0.1) is 0 Å². The third-order valence-corrected chi connectivity index (χ3v) is 4.26. The Morgan fingerprint density at radius 2 is 1.84 bits per heavy atom. The van der Waals surface area contributed by atoms with Crippen LogP contribution < -0.4 is 5.73 Å². The van der Waals surface area contributed by atoms with Crippen molar-refractivity contribution in [3.63, 3.8) is 0 Å². The predicted molar refractivity (Wildman–Crippen MR) is 73.7 cm³/mol. The molecule has 3 N–H and O–H groups in total. The first-order chi connectivity index (χ1) is 9.19. The standard InChI is InChI=1S/C15H22N2O2/c16-15(11-18,12-4-2-1-3-5-12)10-17-8-13-6-7-14(9-17)19-13/h1-5,13-14,18H,6-11,16H2. The summed E-state index contributed by atoms with van der Waals surface area (Å²) in [6.07, 6.45) is 3.03. The zero-order valence-electron chi connectivity index (χ0n) is 11.2. The minimum Gasteiger partial charge on any atom is -0.394 e. The van der Waals surface area contributed by atoms with Crippen molar-refractivity contribution in [3.05, 3.63) is 35.9 Å². The van der Waals surface area contributed by atoms with Gasteiger partial charge in [-0.15, -0.1) is 0 Å². The molecular weight excluding hydrogens is 240 g/mol. The Morgan fingerprint density at radius 3 is 2.42 bits per heavy atom. The number of morpholine rings is 1. The van der Waals surface area contributed by atoms with Crippen molar-refractivity contribution in [2.24, 2.45) is 5.73 Å². The van der Waals surface area contributed by atoms with E-state index in [4.69, 9.17) is 10.5 Å². The average molecular weight is 262 g/mol. The fourth-order valence-corrected chi connectivity index (χ4v) is 3.23. The number of ether oxygens (including phenoxy) is 1. The van der Waals surface area contributed by atoms with Crippen LogP contribution in [-0.4, -0.2) is 48.5 Å². The molecule has 3 rings (SSSR count). The molecule has 1 aromatic rings. The molecule has 2 fully saturated rings. The van der Waals surface area contributed by atoms with Crippen molar-refractivity contribution in [2.75, 3.05) is 26.2 Å². The minimum absolute atomic E-state index is 0.0380. The number of hydrogen-bond acceptors (Lipinski definition) is 4. The maximum absolute atomic E-state index is 9.73. The zero-order valence-corrected chi connectivity index (χ0v) is 11.2. The van der Waals surface area contributed by atoms with E-state index in [0.717, 1.165) is 31.5 Å². The Kier molecular flexibility index (Phi) is 3.58. The monoisotopic (exact) mass is 262 g/mol. The summed E-state index contributed by atoms with van der Waals surface area (Å²) >= 11 is 0. The topological polar surface area (TPSA) is 58.7 Å². The number of nitrogens with zero attached hydrogens (tertiary/aromatic N) is 1. The molecule has 0 saturated carbocycles. The second-order valence-electron chi connectivity index (χ2n) is 5.83. The van der Waals surface area contributed by atoms with Crippen LogP contribution >= 0.6 is 0 Å². The fraction of sp³-hybridized carbons (Fsp3) is 0.600. The maximum atomic E-state index is 9.73. The van der Waals surface area contributed by atoms with Crippen molar-refractivity contribution in [3.8, 4) is 0 Å². The quantitative estimate of drug-likeness (QED) is 0.838. The van der Waals surface area contributed by atoms with Gasteiger partial charge in [0.25, 0.3) is 0 Å². The summed E-state index contributed by atoms with van der Waals surface area (Å²) in [6, 6.07) is 9.89. The van der Waals surface area contributed by atoms with Crippen molar-refractivity contribution in [2.45, 2.75) is 30.6 Å². The van der Waals surface area contributed by atoms with Gasteiger partial charge in [-0.05, 0) is 18.4 Å². The zero-order chi connectivity index (χ0) is 13.3. The molecule has 2 aliphatic heterocycles. The normalized spacial score (nSPS) is 30.2. The highest BCUT2D eigenvalue weighted by Crippen LogP contribution is 2.28. The Balaban J connectivity index is 1.73. The fourth-order valence-electron chi connectivity index (χ4n) is 3.23. The first-order valence-corrected chi connectivity index (χ1v) is 7.03. The van der Waals surface area contributed by atoms with Crippen molar-refractivity contribution in [1.82, 2.24) is 4.90 Å². The number of rotatable bonds is 4. The number of aliphatic hydroxyl groups excluding tert-OH is 1. The highest BCUT2D eigenvalue weighted by atomic mass is 16.5. The lowest BCUT2D eigenvalue weighted by Crippen LogP contribution is -2.54. The molecule has 0 radical (unpaired) electrons. The van der Waals surface area contributed by atoms with Crippen LogP contribution in [0.3, 0.4) is 0 Å². The molecule has 104 valence electrons. The summed E-state index contributed by atoms with van der Waals surface area (Å²) in [7, 11) is 0. The predicted octanol–water partition coefficient (Wildman–Crippen LogP) is 0.696. The third kappa shape index (κ3) is 2.67. The molecule has 0 amide bonds. The average Bonchev–Trinajstić information content (AvgIpc) is 2.79. The largest absolute Gasteiger partial charge is 0.394 e. The first kappa shape index (κ1) is 13.1. The van der Waals surface area contributed by atoms with Gasteiger partial charge in [0.1, 0.15) is 0 Å². The second-order valence-corrected chi connectivity index (χ2v) is 5.83. The van der Waals surface area contributed by atoms with Gasteiger partial charge in [0.05, 0.1) is 24.4 Å². The third-order valence-electron chi connectivity index (χ3n) is 4.26. The molecule has 2 heterocycles. The summed E-state index contributed by atoms with van der Waals surface area (Å²) in [5.74, 6) is 0. The van der Waals surface area contributed by atoms with Gasteiger partial charge in [0.15, 0.2) is 0 Å². The van der Waals surface area contributed by atoms with Gasteiger partial charge in [0.2, 0.25) is 0 Å². The lowest BCUT2D eigenvalue weighted by Gasteiger charge is -2.38. The van der Waals surface area contributed by atoms with E-state index < -0.39 is 5.54 Å².